The first kappa shape index (κ1) is 34.6. The van der Waals surface area contributed by atoms with E-state index in [9.17, 15) is 19.2 Å². The van der Waals surface area contributed by atoms with Crippen molar-refractivity contribution in [2.75, 3.05) is 31.2 Å². The number of aromatic nitrogens is 4. The van der Waals surface area contributed by atoms with Gasteiger partial charge in [0.1, 0.15) is 11.3 Å². The predicted octanol–water partition coefficient (Wildman–Crippen LogP) is 5.73. The molecule has 58 heavy (non-hydrogen) atoms. The molecule has 3 aliphatic heterocycles. The number of hydrogen-bond donors (Lipinski definition) is 2. The van der Waals surface area contributed by atoms with Gasteiger partial charge in [0.05, 0.1) is 50.2 Å². The number of ether oxygens (including phenoxy) is 1. The molecule has 4 aromatic heterocycles. The molecule has 3 amide bonds. The van der Waals surface area contributed by atoms with E-state index in [1.165, 1.54) is 24.1 Å². The molecule has 1 atom stereocenters. The van der Waals surface area contributed by atoms with E-state index < -0.39 is 24.2 Å². The molecule has 2 N–H and O–H groups in total. The molecule has 292 valence electrons. The third kappa shape index (κ3) is 7.00. The fraction of sp³-hybridized carbons (Fsp3) is 0.311. The minimum atomic E-state index is -2.41. The molecule has 13 heteroatoms. The van der Waals surface area contributed by atoms with E-state index in [-0.39, 0.29) is 23.6 Å². The second-order valence-electron chi connectivity index (χ2n) is 15.0. The first-order valence-corrected chi connectivity index (χ1v) is 19.4. The lowest BCUT2D eigenvalue weighted by molar-refractivity contribution is -0.134. The Morgan fingerprint density at radius 2 is 1.86 bits per heavy atom. The summed E-state index contributed by atoms with van der Waals surface area (Å²) in [5.41, 5.74) is 7.72. The van der Waals surface area contributed by atoms with E-state index in [1.807, 2.05) is 26.2 Å². The van der Waals surface area contributed by atoms with Crippen molar-refractivity contribution in [2.45, 2.75) is 57.3 Å². The number of nitrogens with zero attached hydrogens (tertiary/aromatic N) is 5. The number of anilines is 2. The largest absolute Gasteiger partial charge is 0.464 e. The number of nitrogens with one attached hydrogen (secondary N) is 2. The van der Waals surface area contributed by atoms with Crippen LogP contribution < -0.4 is 21.1 Å². The lowest BCUT2D eigenvalue weighted by Crippen LogP contribution is -2.39. The van der Waals surface area contributed by atoms with Gasteiger partial charge in [-0.3, -0.25) is 29.5 Å². The summed E-state index contributed by atoms with van der Waals surface area (Å²) in [5.74, 6) is 4.04. The highest BCUT2D eigenvalue weighted by Gasteiger charge is 2.31. The van der Waals surface area contributed by atoms with Crippen LogP contribution in [-0.4, -0.2) is 63.5 Å². The van der Waals surface area contributed by atoms with Gasteiger partial charge < -0.3 is 23.9 Å². The van der Waals surface area contributed by atoms with Gasteiger partial charge in [-0.1, -0.05) is 11.8 Å². The lowest BCUT2D eigenvalue weighted by Gasteiger charge is -2.33. The van der Waals surface area contributed by atoms with Gasteiger partial charge in [-0.15, -0.1) is 0 Å². The summed E-state index contributed by atoms with van der Waals surface area (Å²) in [4.78, 5) is 66.6. The molecule has 9 rings (SSSR count). The van der Waals surface area contributed by atoms with Crippen molar-refractivity contribution >= 4 is 51.0 Å². The van der Waals surface area contributed by atoms with Crippen molar-refractivity contribution in [3.8, 4) is 23.2 Å². The van der Waals surface area contributed by atoms with Gasteiger partial charge in [-0.2, -0.15) is 0 Å². The molecule has 2 aromatic carbocycles. The monoisotopic (exact) mass is 777 g/mol. The van der Waals surface area contributed by atoms with Crippen molar-refractivity contribution < 1.29 is 26.3 Å². The number of pyridine rings is 2. The highest BCUT2D eigenvalue weighted by atomic mass is 16.5. The Balaban J connectivity index is 0.926. The van der Waals surface area contributed by atoms with E-state index in [2.05, 4.69) is 44.5 Å². The lowest BCUT2D eigenvalue weighted by atomic mass is 9.89. The van der Waals surface area contributed by atoms with Crippen LogP contribution in [0.1, 0.15) is 85.1 Å². The van der Waals surface area contributed by atoms with E-state index in [1.54, 1.807) is 28.8 Å². The molecule has 3 aliphatic rings. The minimum Gasteiger partial charge on any atom is -0.464 e. The molecule has 0 radical (unpaired) electrons. The standard InChI is InChI=1S/C45H41N7O6/c1-26-19-33-37(51(2)45(26)56)21-30(28-13-17-57-18-14-28)22-38(33)52-16-4-6-35-39(52)24-48-42(49-35)29-8-10-36(47-23-29)44(55)46-15-3-5-27-7-11-40-32(20-27)34(25-58-40)31-9-12-41(53)50-43(31)54/h7-8,10-11,19-25,28,31H,4,6,9,12-18H2,1-2H3,(H,46,55)(H,50,53,54)/i15D2. The predicted molar refractivity (Wildman–Crippen MR) is 218 cm³/mol. The SMILES string of the molecule is [2H]C([2H])(C#Cc1ccc2occ(C3CCC(=O)NC3=O)c2c1)NC(=O)c1ccc(-c2ncc3c(n2)CCCN3c2cc(C3CCOCC3)cc3c2cc(C)c(=O)n3C)cn1. The third-order valence-electron chi connectivity index (χ3n) is 11.4. The van der Waals surface area contributed by atoms with Crippen LogP contribution in [0.3, 0.4) is 0 Å². The molecule has 7 heterocycles. The molecule has 13 nitrogen and oxygen atoms in total. The van der Waals surface area contributed by atoms with Crippen LogP contribution >= 0.6 is 0 Å². The number of aryl methyl sites for hydroxylation is 3. The van der Waals surface area contributed by atoms with Gasteiger partial charge in [-0.05, 0) is 99.0 Å². The number of piperidine rings is 1. The maximum absolute atomic E-state index is 13.2. The van der Waals surface area contributed by atoms with Crippen LogP contribution in [0.4, 0.5) is 11.4 Å². The highest BCUT2D eigenvalue weighted by molar-refractivity contribution is 6.03. The number of carbonyl (C=O) groups is 3. The third-order valence-corrected chi connectivity index (χ3v) is 11.4. The molecule has 0 bridgehead atoms. The zero-order valence-corrected chi connectivity index (χ0v) is 32.1. The molecule has 0 saturated carbocycles. The molecule has 1 unspecified atom stereocenters. The topological polar surface area (TPSA) is 162 Å². The van der Waals surface area contributed by atoms with Gasteiger partial charge in [0.2, 0.25) is 11.8 Å². The fourth-order valence-electron chi connectivity index (χ4n) is 8.25. The second-order valence-corrected chi connectivity index (χ2v) is 15.0. The average molecular weight is 778 g/mol. The second kappa shape index (κ2) is 15.4. The summed E-state index contributed by atoms with van der Waals surface area (Å²) < 4.78 is 29.8. The first-order chi connectivity index (χ1) is 28.9. The average Bonchev–Trinajstić information content (AvgIpc) is 3.67. The van der Waals surface area contributed by atoms with E-state index >= 15 is 0 Å². The number of furan rings is 1. The number of amides is 3. The van der Waals surface area contributed by atoms with Crippen LogP contribution in [0, 0.1) is 18.8 Å². The summed E-state index contributed by atoms with van der Waals surface area (Å²) in [6.07, 6.45) is 8.84. The van der Waals surface area contributed by atoms with Gasteiger partial charge >= 0.3 is 0 Å². The van der Waals surface area contributed by atoms with E-state index in [4.69, 9.17) is 21.9 Å². The summed E-state index contributed by atoms with van der Waals surface area (Å²) in [6, 6.07) is 14.6. The van der Waals surface area contributed by atoms with Gasteiger partial charge in [-0.25, -0.2) is 9.97 Å². The number of fused-ring (bicyclic) bond motifs is 3. The van der Waals surface area contributed by atoms with Crippen LogP contribution in [0.2, 0.25) is 0 Å². The number of hydrogen-bond acceptors (Lipinski definition) is 10. The van der Waals surface area contributed by atoms with Crippen LogP contribution in [0.5, 0.6) is 0 Å². The van der Waals surface area contributed by atoms with Crippen molar-refractivity contribution in [2.24, 2.45) is 7.05 Å². The maximum Gasteiger partial charge on any atom is 0.270 e. The highest BCUT2D eigenvalue weighted by Crippen LogP contribution is 2.40. The van der Waals surface area contributed by atoms with E-state index in [0.29, 0.717) is 64.6 Å². The molecule has 0 aliphatic carbocycles. The van der Waals surface area contributed by atoms with Crippen molar-refractivity contribution in [3.05, 3.63) is 111 Å². The normalized spacial score (nSPS) is 17.9. The smallest absolute Gasteiger partial charge is 0.270 e. The Hall–Kier alpha value is -6.65. The summed E-state index contributed by atoms with van der Waals surface area (Å²) in [6.45, 7) is 1.62. The summed E-state index contributed by atoms with van der Waals surface area (Å²) >= 11 is 0. The molecule has 6 aromatic rings. The molecule has 2 fully saturated rings. The first-order valence-electron chi connectivity index (χ1n) is 20.4. The maximum atomic E-state index is 13.2. The minimum absolute atomic E-state index is 0.0109. The van der Waals surface area contributed by atoms with E-state index in [0.717, 1.165) is 60.2 Å². The van der Waals surface area contributed by atoms with Gasteiger partial charge in [0, 0.05) is 72.5 Å². The fourth-order valence-corrected chi connectivity index (χ4v) is 8.25. The summed E-state index contributed by atoms with van der Waals surface area (Å²) in [5, 5.41) is 6.30. The van der Waals surface area contributed by atoms with Crippen molar-refractivity contribution in [1.29, 1.82) is 0 Å². The Labute approximate surface area is 336 Å². The number of benzene rings is 2. The number of rotatable bonds is 6. The van der Waals surface area contributed by atoms with Crippen LogP contribution in [0.15, 0.2) is 76.4 Å². The van der Waals surface area contributed by atoms with Gasteiger partial charge in [0.25, 0.3) is 11.5 Å². The Morgan fingerprint density at radius 3 is 2.67 bits per heavy atom. The molecule has 0 spiro atoms. The Bertz CT molecular complexity index is 2850. The molecule has 2 saturated heterocycles. The van der Waals surface area contributed by atoms with Crippen LogP contribution in [-0.2, 0) is 27.8 Å². The molecular formula is C45H41N7O6. The zero-order chi connectivity index (χ0) is 41.7. The summed E-state index contributed by atoms with van der Waals surface area (Å²) in [7, 11) is 1.83. The van der Waals surface area contributed by atoms with Crippen molar-refractivity contribution in [1.82, 2.24) is 30.2 Å². The van der Waals surface area contributed by atoms with Crippen LogP contribution in [0.25, 0.3) is 33.3 Å². The quantitative estimate of drug-likeness (QED) is 0.158. The van der Waals surface area contributed by atoms with Crippen molar-refractivity contribution in [3.63, 3.8) is 0 Å². The van der Waals surface area contributed by atoms with Gasteiger partial charge in [0.15, 0.2) is 5.82 Å². The Morgan fingerprint density at radius 1 is 1.00 bits per heavy atom. The number of imide groups is 1. The number of carbonyl (C=O) groups excluding carboxylic acids is 3. The molecular weight excluding hydrogens is 735 g/mol. The Kier molecular flexibility index (Phi) is 9.16. The zero-order valence-electron chi connectivity index (χ0n) is 34.1.